The lowest BCUT2D eigenvalue weighted by atomic mass is 10.2. The summed E-state index contributed by atoms with van der Waals surface area (Å²) in [5, 5.41) is 9.15. The fraction of sp³-hybridized carbons (Fsp3) is 0.636. The minimum absolute atomic E-state index is 0.143. The highest BCUT2D eigenvalue weighted by Gasteiger charge is 2.10. The van der Waals surface area contributed by atoms with Gasteiger partial charge in [-0.1, -0.05) is 13.8 Å². The standard InChI is InChI=1S/C11H19NO/c1-4-9(3)12-10(5-2)6-7-11(12)8-13/h6-7,9,13H,4-5,8H2,1-3H3/t9-/m0/s1. The minimum Gasteiger partial charge on any atom is -0.390 e. The molecule has 1 aromatic rings. The highest BCUT2D eigenvalue weighted by molar-refractivity contribution is 5.17. The molecule has 2 nitrogen and oxygen atoms in total. The van der Waals surface area contributed by atoms with E-state index in [4.69, 9.17) is 5.11 Å². The van der Waals surface area contributed by atoms with Gasteiger partial charge in [-0.15, -0.1) is 0 Å². The van der Waals surface area contributed by atoms with Crippen LogP contribution in [0.4, 0.5) is 0 Å². The second kappa shape index (κ2) is 4.47. The molecule has 2 heteroatoms. The van der Waals surface area contributed by atoms with Crippen LogP contribution in [0.3, 0.4) is 0 Å². The molecule has 1 atom stereocenters. The Morgan fingerprint density at radius 1 is 1.31 bits per heavy atom. The van der Waals surface area contributed by atoms with Crippen LogP contribution < -0.4 is 0 Å². The van der Waals surface area contributed by atoms with E-state index >= 15 is 0 Å². The van der Waals surface area contributed by atoms with E-state index in [0.717, 1.165) is 18.5 Å². The smallest absolute Gasteiger partial charge is 0.0833 e. The zero-order valence-electron chi connectivity index (χ0n) is 8.75. The van der Waals surface area contributed by atoms with Crippen LogP contribution in [0.5, 0.6) is 0 Å². The van der Waals surface area contributed by atoms with E-state index < -0.39 is 0 Å². The molecule has 0 spiro atoms. The van der Waals surface area contributed by atoms with Crippen molar-refractivity contribution in [1.29, 1.82) is 0 Å². The van der Waals surface area contributed by atoms with E-state index in [2.05, 4.69) is 31.4 Å². The normalized spacial score (nSPS) is 13.2. The zero-order chi connectivity index (χ0) is 9.84. The van der Waals surface area contributed by atoms with Crippen LogP contribution in [-0.2, 0) is 13.0 Å². The van der Waals surface area contributed by atoms with Gasteiger partial charge in [0, 0.05) is 17.4 Å². The van der Waals surface area contributed by atoms with E-state index in [1.54, 1.807) is 0 Å². The summed E-state index contributed by atoms with van der Waals surface area (Å²) >= 11 is 0. The van der Waals surface area contributed by atoms with E-state index in [-0.39, 0.29) is 6.61 Å². The Kier molecular flexibility index (Phi) is 3.55. The van der Waals surface area contributed by atoms with Crippen molar-refractivity contribution < 1.29 is 5.11 Å². The maximum atomic E-state index is 9.15. The Morgan fingerprint density at radius 2 is 1.92 bits per heavy atom. The van der Waals surface area contributed by atoms with Gasteiger partial charge in [-0.25, -0.2) is 0 Å². The van der Waals surface area contributed by atoms with Crippen LogP contribution in [0.1, 0.15) is 44.6 Å². The molecular weight excluding hydrogens is 162 g/mol. The van der Waals surface area contributed by atoms with E-state index in [0.29, 0.717) is 6.04 Å². The molecular formula is C11H19NO. The van der Waals surface area contributed by atoms with Crippen molar-refractivity contribution in [3.8, 4) is 0 Å². The molecule has 1 N–H and O–H groups in total. The second-order valence-corrected chi connectivity index (χ2v) is 3.45. The Morgan fingerprint density at radius 3 is 2.38 bits per heavy atom. The minimum atomic E-state index is 0.143. The first-order chi connectivity index (χ1) is 6.24. The highest BCUT2D eigenvalue weighted by atomic mass is 16.3. The molecule has 74 valence electrons. The zero-order valence-corrected chi connectivity index (χ0v) is 8.75. The summed E-state index contributed by atoms with van der Waals surface area (Å²) in [6.45, 7) is 6.66. The predicted molar refractivity (Wildman–Crippen MR) is 54.7 cm³/mol. The lowest BCUT2D eigenvalue weighted by Gasteiger charge is -2.18. The number of nitrogens with zero attached hydrogens (tertiary/aromatic N) is 1. The Balaban J connectivity index is 3.04. The van der Waals surface area contributed by atoms with Crippen LogP contribution in [0.25, 0.3) is 0 Å². The summed E-state index contributed by atoms with van der Waals surface area (Å²) in [6.07, 6.45) is 2.14. The van der Waals surface area contributed by atoms with Gasteiger partial charge >= 0.3 is 0 Å². The van der Waals surface area contributed by atoms with Gasteiger partial charge in [0.2, 0.25) is 0 Å². The summed E-state index contributed by atoms with van der Waals surface area (Å²) in [7, 11) is 0. The highest BCUT2D eigenvalue weighted by Crippen LogP contribution is 2.19. The number of hydrogen-bond donors (Lipinski definition) is 1. The number of aliphatic hydroxyl groups is 1. The van der Waals surface area contributed by atoms with Crippen LogP contribution in [-0.4, -0.2) is 9.67 Å². The van der Waals surface area contributed by atoms with E-state index in [9.17, 15) is 0 Å². The summed E-state index contributed by atoms with van der Waals surface area (Å²) in [6, 6.07) is 4.62. The summed E-state index contributed by atoms with van der Waals surface area (Å²) < 4.78 is 2.25. The largest absolute Gasteiger partial charge is 0.390 e. The first kappa shape index (κ1) is 10.3. The van der Waals surface area contributed by atoms with Gasteiger partial charge in [0.25, 0.3) is 0 Å². The lowest BCUT2D eigenvalue weighted by Crippen LogP contribution is -2.10. The van der Waals surface area contributed by atoms with Crippen molar-refractivity contribution in [3.63, 3.8) is 0 Å². The fourth-order valence-electron chi connectivity index (χ4n) is 1.70. The van der Waals surface area contributed by atoms with Gasteiger partial charge in [-0.2, -0.15) is 0 Å². The maximum Gasteiger partial charge on any atom is 0.0833 e. The fourth-order valence-corrected chi connectivity index (χ4v) is 1.70. The third-order valence-corrected chi connectivity index (χ3v) is 2.64. The molecule has 0 unspecified atom stereocenters. The molecule has 0 aromatic carbocycles. The van der Waals surface area contributed by atoms with Crippen molar-refractivity contribution in [3.05, 3.63) is 23.5 Å². The van der Waals surface area contributed by atoms with Gasteiger partial charge in [0.05, 0.1) is 6.61 Å². The molecule has 0 fully saturated rings. The number of aliphatic hydroxyl groups excluding tert-OH is 1. The molecule has 0 radical (unpaired) electrons. The molecule has 13 heavy (non-hydrogen) atoms. The molecule has 1 rings (SSSR count). The lowest BCUT2D eigenvalue weighted by molar-refractivity contribution is 0.265. The number of hydrogen-bond acceptors (Lipinski definition) is 1. The first-order valence-electron chi connectivity index (χ1n) is 5.04. The third kappa shape index (κ3) is 1.94. The van der Waals surface area contributed by atoms with Crippen molar-refractivity contribution in [2.24, 2.45) is 0 Å². The summed E-state index contributed by atoms with van der Waals surface area (Å²) in [4.78, 5) is 0. The van der Waals surface area contributed by atoms with Gasteiger partial charge in [0.15, 0.2) is 0 Å². The van der Waals surface area contributed by atoms with Gasteiger partial charge < -0.3 is 9.67 Å². The topological polar surface area (TPSA) is 25.2 Å². The molecule has 0 saturated heterocycles. The molecule has 0 aliphatic heterocycles. The van der Waals surface area contributed by atoms with E-state index in [1.807, 2.05) is 6.07 Å². The van der Waals surface area contributed by atoms with Gasteiger partial charge in [0.1, 0.15) is 0 Å². The van der Waals surface area contributed by atoms with Crippen LogP contribution in [0.15, 0.2) is 12.1 Å². The molecule has 0 bridgehead atoms. The SMILES string of the molecule is CCc1ccc(CO)n1[C@@H](C)CC. The molecule has 0 amide bonds. The number of rotatable bonds is 4. The van der Waals surface area contributed by atoms with E-state index in [1.165, 1.54) is 5.69 Å². The Hall–Kier alpha value is -0.760. The Bertz CT molecular complexity index is 244. The number of aryl methyl sites for hydroxylation is 1. The predicted octanol–water partition coefficient (Wildman–Crippen LogP) is 2.51. The third-order valence-electron chi connectivity index (χ3n) is 2.64. The second-order valence-electron chi connectivity index (χ2n) is 3.45. The quantitative estimate of drug-likeness (QED) is 0.758. The molecule has 0 aliphatic carbocycles. The Labute approximate surface area is 80.2 Å². The molecule has 0 saturated carbocycles. The van der Waals surface area contributed by atoms with Crippen LogP contribution >= 0.6 is 0 Å². The first-order valence-corrected chi connectivity index (χ1v) is 5.04. The molecule has 1 heterocycles. The van der Waals surface area contributed by atoms with Crippen molar-refractivity contribution in [1.82, 2.24) is 4.57 Å². The average molecular weight is 181 g/mol. The monoisotopic (exact) mass is 181 g/mol. The molecule has 1 aromatic heterocycles. The van der Waals surface area contributed by atoms with Crippen LogP contribution in [0, 0.1) is 0 Å². The average Bonchev–Trinajstić information content (AvgIpc) is 2.59. The van der Waals surface area contributed by atoms with Gasteiger partial charge in [-0.05, 0) is 31.9 Å². The number of aromatic nitrogens is 1. The van der Waals surface area contributed by atoms with Crippen molar-refractivity contribution in [2.75, 3.05) is 0 Å². The summed E-state index contributed by atoms with van der Waals surface area (Å²) in [5.41, 5.74) is 2.35. The van der Waals surface area contributed by atoms with Crippen molar-refractivity contribution >= 4 is 0 Å². The molecule has 0 aliphatic rings. The van der Waals surface area contributed by atoms with Crippen molar-refractivity contribution in [2.45, 2.75) is 46.3 Å². The summed E-state index contributed by atoms with van der Waals surface area (Å²) in [5.74, 6) is 0. The maximum absolute atomic E-state index is 9.15. The van der Waals surface area contributed by atoms with Crippen LogP contribution in [0.2, 0.25) is 0 Å². The van der Waals surface area contributed by atoms with Gasteiger partial charge in [-0.3, -0.25) is 0 Å².